The van der Waals surface area contributed by atoms with Crippen LogP contribution in [0.15, 0.2) is 29.2 Å². The lowest BCUT2D eigenvalue weighted by Gasteiger charge is -2.34. The quantitative estimate of drug-likeness (QED) is 0.726. The van der Waals surface area contributed by atoms with Crippen LogP contribution in [0.3, 0.4) is 0 Å². The van der Waals surface area contributed by atoms with Crippen molar-refractivity contribution in [2.45, 2.75) is 37.4 Å². The molecule has 1 aliphatic rings. The average molecular weight is 355 g/mol. The van der Waals surface area contributed by atoms with Crippen molar-refractivity contribution < 1.29 is 17.9 Å². The van der Waals surface area contributed by atoms with Crippen molar-refractivity contribution in [2.24, 2.45) is 5.73 Å². The number of nitrogens with two attached hydrogens (primary N) is 1. The Bertz CT molecular complexity index is 668. The van der Waals surface area contributed by atoms with E-state index in [9.17, 15) is 13.2 Å². The predicted molar refractivity (Wildman–Crippen MR) is 91.2 cm³/mol. The topological polar surface area (TPSA) is 102 Å². The van der Waals surface area contributed by atoms with Gasteiger partial charge in [-0.15, -0.1) is 0 Å². The van der Waals surface area contributed by atoms with Crippen LogP contribution in [0.25, 0.3) is 0 Å². The second-order valence-corrected chi connectivity index (χ2v) is 7.94. The van der Waals surface area contributed by atoms with Crippen molar-refractivity contribution >= 4 is 15.9 Å². The van der Waals surface area contributed by atoms with Gasteiger partial charge in [0.2, 0.25) is 10.0 Å². The molecule has 0 spiro atoms. The number of hydrogen-bond acceptors (Lipinski definition) is 5. The van der Waals surface area contributed by atoms with Crippen molar-refractivity contribution in [3.05, 3.63) is 29.8 Å². The van der Waals surface area contributed by atoms with E-state index in [1.54, 1.807) is 12.1 Å². The van der Waals surface area contributed by atoms with Gasteiger partial charge in [-0.05, 0) is 45.0 Å². The first-order chi connectivity index (χ1) is 11.3. The van der Waals surface area contributed by atoms with Crippen LogP contribution in [-0.2, 0) is 14.8 Å². The van der Waals surface area contributed by atoms with Gasteiger partial charge in [0, 0.05) is 25.2 Å². The monoisotopic (exact) mass is 355 g/mol. The number of benzene rings is 1. The Morgan fingerprint density at radius 3 is 2.62 bits per heavy atom. The summed E-state index contributed by atoms with van der Waals surface area (Å²) in [7, 11) is -3.66. The lowest BCUT2D eigenvalue weighted by molar-refractivity contribution is -0.0440. The molecule has 1 aromatic carbocycles. The fourth-order valence-corrected chi connectivity index (χ4v) is 4.32. The second-order valence-electron chi connectivity index (χ2n) is 6.01. The largest absolute Gasteiger partial charge is 0.373 e. The number of carbonyl (C=O) groups excluding carboxylic acids is 1. The first-order valence-corrected chi connectivity index (χ1v) is 9.52. The van der Waals surface area contributed by atoms with Gasteiger partial charge in [-0.25, -0.2) is 8.42 Å². The zero-order valence-electron chi connectivity index (χ0n) is 14.1. The molecule has 0 saturated carbocycles. The highest BCUT2D eigenvalue weighted by Crippen LogP contribution is 2.21. The number of nitrogens with one attached hydrogen (secondary N) is 1. The molecule has 1 fully saturated rings. The summed E-state index contributed by atoms with van der Waals surface area (Å²) in [5.41, 5.74) is 5.71. The van der Waals surface area contributed by atoms with E-state index in [0.29, 0.717) is 38.2 Å². The second kappa shape index (κ2) is 8.06. The SMILES string of the molecule is CC1CN(S(=O)(=O)c2cccc(C(=O)NCCCN)c2)CC(C)O1. The highest BCUT2D eigenvalue weighted by molar-refractivity contribution is 7.89. The minimum atomic E-state index is -3.66. The van der Waals surface area contributed by atoms with Crippen molar-refractivity contribution in [3.8, 4) is 0 Å². The molecule has 1 heterocycles. The number of sulfonamides is 1. The third-order valence-corrected chi connectivity index (χ3v) is 5.61. The summed E-state index contributed by atoms with van der Waals surface area (Å²) in [5.74, 6) is -0.302. The van der Waals surface area contributed by atoms with E-state index in [1.807, 2.05) is 13.8 Å². The van der Waals surface area contributed by atoms with Crippen LogP contribution in [-0.4, -0.2) is 57.0 Å². The molecular weight excluding hydrogens is 330 g/mol. The van der Waals surface area contributed by atoms with Gasteiger partial charge in [0.25, 0.3) is 5.91 Å². The number of amides is 1. The lowest BCUT2D eigenvalue weighted by atomic mass is 10.2. The number of hydrogen-bond donors (Lipinski definition) is 2. The zero-order chi connectivity index (χ0) is 17.7. The van der Waals surface area contributed by atoms with Crippen LogP contribution in [0.5, 0.6) is 0 Å². The molecule has 2 unspecified atom stereocenters. The van der Waals surface area contributed by atoms with Crippen LogP contribution in [0.1, 0.15) is 30.6 Å². The maximum Gasteiger partial charge on any atom is 0.251 e. The molecule has 0 aromatic heterocycles. The highest BCUT2D eigenvalue weighted by atomic mass is 32.2. The summed E-state index contributed by atoms with van der Waals surface area (Å²) < 4.78 is 32.7. The number of carbonyl (C=O) groups is 1. The summed E-state index contributed by atoms with van der Waals surface area (Å²) in [6, 6.07) is 6.11. The maximum absolute atomic E-state index is 12.8. The summed E-state index contributed by atoms with van der Waals surface area (Å²) >= 11 is 0. The van der Waals surface area contributed by atoms with Crippen LogP contribution >= 0.6 is 0 Å². The first-order valence-electron chi connectivity index (χ1n) is 8.08. The summed E-state index contributed by atoms with van der Waals surface area (Å²) in [6.45, 7) is 5.26. The van der Waals surface area contributed by atoms with E-state index in [1.165, 1.54) is 16.4 Å². The summed E-state index contributed by atoms with van der Waals surface area (Å²) in [5, 5.41) is 2.72. The van der Waals surface area contributed by atoms with Gasteiger partial charge >= 0.3 is 0 Å². The Balaban J connectivity index is 2.18. The van der Waals surface area contributed by atoms with E-state index in [-0.39, 0.29) is 23.0 Å². The minimum absolute atomic E-state index is 0.121. The molecule has 1 saturated heterocycles. The molecule has 1 aliphatic heterocycles. The van der Waals surface area contributed by atoms with E-state index < -0.39 is 10.0 Å². The van der Waals surface area contributed by atoms with Gasteiger partial charge in [0.1, 0.15) is 0 Å². The van der Waals surface area contributed by atoms with Crippen LogP contribution < -0.4 is 11.1 Å². The Hall–Kier alpha value is -1.48. The molecule has 0 aliphatic carbocycles. The van der Waals surface area contributed by atoms with Crippen molar-refractivity contribution in [2.75, 3.05) is 26.2 Å². The molecular formula is C16H25N3O4S. The third kappa shape index (κ3) is 4.54. The van der Waals surface area contributed by atoms with Crippen molar-refractivity contribution in [3.63, 3.8) is 0 Å². The van der Waals surface area contributed by atoms with Crippen LogP contribution in [0.4, 0.5) is 0 Å². The molecule has 24 heavy (non-hydrogen) atoms. The van der Waals surface area contributed by atoms with E-state index in [2.05, 4.69) is 5.32 Å². The van der Waals surface area contributed by atoms with Gasteiger partial charge in [-0.2, -0.15) is 4.31 Å². The van der Waals surface area contributed by atoms with Gasteiger partial charge in [-0.3, -0.25) is 4.79 Å². The van der Waals surface area contributed by atoms with Crippen LogP contribution in [0, 0.1) is 0 Å². The molecule has 0 radical (unpaired) electrons. The fraction of sp³-hybridized carbons (Fsp3) is 0.562. The fourth-order valence-electron chi connectivity index (χ4n) is 2.68. The zero-order valence-corrected chi connectivity index (χ0v) is 14.9. The molecule has 8 heteroatoms. The molecule has 3 N–H and O–H groups in total. The van der Waals surface area contributed by atoms with Crippen molar-refractivity contribution in [1.29, 1.82) is 0 Å². The molecule has 1 aromatic rings. The Kier molecular flexibility index (Phi) is 6.34. The number of ether oxygens (including phenoxy) is 1. The summed E-state index contributed by atoms with van der Waals surface area (Å²) in [6.07, 6.45) is 0.352. The standard InChI is InChI=1S/C16H25N3O4S/c1-12-10-19(11-13(2)23-12)24(21,22)15-6-3-5-14(9-15)16(20)18-8-4-7-17/h3,5-6,9,12-13H,4,7-8,10-11,17H2,1-2H3,(H,18,20). The van der Waals surface area contributed by atoms with E-state index >= 15 is 0 Å². The Labute approximate surface area is 143 Å². The van der Waals surface area contributed by atoms with Gasteiger partial charge < -0.3 is 15.8 Å². The maximum atomic E-state index is 12.8. The number of rotatable bonds is 6. The molecule has 2 rings (SSSR count). The molecule has 2 atom stereocenters. The van der Waals surface area contributed by atoms with Gasteiger partial charge in [0.15, 0.2) is 0 Å². The van der Waals surface area contributed by atoms with Crippen molar-refractivity contribution in [1.82, 2.24) is 9.62 Å². The normalized spacial score (nSPS) is 22.3. The Morgan fingerprint density at radius 1 is 1.33 bits per heavy atom. The summed E-state index contributed by atoms with van der Waals surface area (Å²) in [4.78, 5) is 12.2. The number of morpholine rings is 1. The lowest BCUT2D eigenvalue weighted by Crippen LogP contribution is -2.48. The molecule has 0 bridgehead atoms. The molecule has 7 nitrogen and oxygen atoms in total. The minimum Gasteiger partial charge on any atom is -0.373 e. The molecule has 134 valence electrons. The molecule has 1 amide bonds. The third-order valence-electron chi connectivity index (χ3n) is 3.79. The average Bonchev–Trinajstić information content (AvgIpc) is 2.54. The highest BCUT2D eigenvalue weighted by Gasteiger charge is 2.32. The van der Waals surface area contributed by atoms with E-state index in [4.69, 9.17) is 10.5 Å². The van der Waals surface area contributed by atoms with E-state index in [0.717, 1.165) is 0 Å². The van der Waals surface area contributed by atoms with Crippen LogP contribution in [0.2, 0.25) is 0 Å². The first kappa shape index (κ1) is 18.9. The van der Waals surface area contributed by atoms with Gasteiger partial charge in [-0.1, -0.05) is 6.07 Å². The predicted octanol–water partition coefficient (Wildman–Crippen LogP) is 0.563. The Morgan fingerprint density at radius 2 is 2.00 bits per heavy atom. The number of nitrogens with zero attached hydrogens (tertiary/aromatic N) is 1. The van der Waals surface area contributed by atoms with Gasteiger partial charge in [0.05, 0.1) is 17.1 Å². The smallest absolute Gasteiger partial charge is 0.251 e.